The first kappa shape index (κ1) is 13.6. The van der Waals surface area contributed by atoms with Gasteiger partial charge in [0.25, 0.3) is 6.43 Å². The van der Waals surface area contributed by atoms with E-state index in [0.717, 1.165) is 7.11 Å². The molecule has 1 heterocycles. The first-order chi connectivity index (χ1) is 7.81. The van der Waals surface area contributed by atoms with Crippen LogP contribution in [0.5, 0.6) is 5.75 Å². The minimum absolute atomic E-state index is 0.384. The smallest absolute Gasteiger partial charge is 0.433 e. The zero-order valence-corrected chi connectivity index (χ0v) is 8.55. The largest absolute Gasteiger partial charge is 0.494 e. The molecule has 0 fully saturated rings. The summed E-state index contributed by atoms with van der Waals surface area (Å²) in [5.41, 5.74) is -3.01. The molecule has 17 heavy (non-hydrogen) atoms. The number of halogens is 5. The van der Waals surface area contributed by atoms with Gasteiger partial charge in [0.2, 0.25) is 0 Å². The summed E-state index contributed by atoms with van der Waals surface area (Å²) >= 11 is 0. The van der Waals surface area contributed by atoms with E-state index in [0.29, 0.717) is 6.07 Å². The zero-order valence-electron chi connectivity index (χ0n) is 8.55. The molecule has 0 saturated heterocycles. The fourth-order valence-electron chi connectivity index (χ4n) is 1.25. The Balaban J connectivity index is 3.46. The molecule has 3 nitrogen and oxygen atoms in total. The van der Waals surface area contributed by atoms with Gasteiger partial charge in [-0.25, -0.2) is 13.8 Å². The van der Waals surface area contributed by atoms with Gasteiger partial charge in [0.05, 0.1) is 13.7 Å². The molecule has 0 unspecified atom stereocenters. The highest BCUT2D eigenvalue weighted by atomic mass is 19.4. The van der Waals surface area contributed by atoms with Crippen molar-refractivity contribution in [3.8, 4) is 5.75 Å². The SMILES string of the molecule is COc1c(CO)cc(C(F)(F)F)nc1C(F)F. The predicted molar refractivity (Wildman–Crippen MR) is 46.7 cm³/mol. The maximum atomic E-state index is 12.5. The molecule has 0 radical (unpaired) electrons. The highest BCUT2D eigenvalue weighted by Gasteiger charge is 2.35. The Kier molecular flexibility index (Phi) is 3.87. The number of hydrogen-bond donors (Lipinski definition) is 1. The Morgan fingerprint density at radius 2 is 2.00 bits per heavy atom. The predicted octanol–water partition coefficient (Wildman–Crippen LogP) is 2.54. The van der Waals surface area contributed by atoms with Crippen molar-refractivity contribution in [3.05, 3.63) is 23.0 Å². The van der Waals surface area contributed by atoms with E-state index in [4.69, 9.17) is 5.11 Å². The molecule has 8 heteroatoms. The van der Waals surface area contributed by atoms with E-state index in [1.807, 2.05) is 0 Å². The van der Waals surface area contributed by atoms with Crippen molar-refractivity contribution in [1.82, 2.24) is 4.98 Å². The second kappa shape index (κ2) is 4.82. The topological polar surface area (TPSA) is 42.4 Å². The minimum Gasteiger partial charge on any atom is -0.494 e. The van der Waals surface area contributed by atoms with Gasteiger partial charge in [0.15, 0.2) is 5.75 Å². The molecule has 0 spiro atoms. The van der Waals surface area contributed by atoms with Gasteiger partial charge in [0.1, 0.15) is 11.4 Å². The van der Waals surface area contributed by atoms with E-state index in [2.05, 4.69) is 9.72 Å². The molecular formula is C9H8F5NO2. The number of hydrogen-bond acceptors (Lipinski definition) is 3. The van der Waals surface area contributed by atoms with Crippen molar-refractivity contribution in [2.75, 3.05) is 7.11 Å². The summed E-state index contributed by atoms with van der Waals surface area (Å²) in [6, 6.07) is 0.477. The Hall–Kier alpha value is -1.44. The molecular weight excluding hydrogens is 249 g/mol. The molecule has 0 saturated carbocycles. The molecule has 0 aliphatic carbocycles. The molecule has 96 valence electrons. The van der Waals surface area contributed by atoms with Crippen molar-refractivity contribution >= 4 is 0 Å². The van der Waals surface area contributed by atoms with Crippen LogP contribution in [0.25, 0.3) is 0 Å². The van der Waals surface area contributed by atoms with E-state index in [1.54, 1.807) is 0 Å². The van der Waals surface area contributed by atoms with Crippen LogP contribution in [-0.2, 0) is 12.8 Å². The lowest BCUT2D eigenvalue weighted by molar-refractivity contribution is -0.141. The fraction of sp³-hybridized carbons (Fsp3) is 0.444. The number of pyridine rings is 1. The summed E-state index contributed by atoms with van der Waals surface area (Å²) in [6.07, 6.45) is -8.09. The van der Waals surface area contributed by atoms with Crippen LogP contribution >= 0.6 is 0 Å². The molecule has 0 bridgehead atoms. The van der Waals surface area contributed by atoms with Crippen LogP contribution in [0, 0.1) is 0 Å². The van der Waals surface area contributed by atoms with Crippen LogP contribution in [0.1, 0.15) is 23.4 Å². The van der Waals surface area contributed by atoms with Crippen LogP contribution in [0.15, 0.2) is 6.07 Å². The summed E-state index contributed by atoms with van der Waals surface area (Å²) in [5, 5.41) is 8.83. The lowest BCUT2D eigenvalue weighted by Crippen LogP contribution is -2.12. The molecule has 0 aromatic carbocycles. The standard InChI is InChI=1S/C9H8F5NO2/c1-17-7-4(3-16)2-5(9(12,13)14)15-6(7)8(10)11/h2,8,16H,3H2,1H3. The Morgan fingerprint density at radius 1 is 1.41 bits per heavy atom. The number of aliphatic hydroxyl groups excluding tert-OH is 1. The highest BCUT2D eigenvalue weighted by molar-refractivity contribution is 5.40. The summed E-state index contributed by atoms with van der Waals surface area (Å²) in [4.78, 5) is 2.81. The molecule has 1 rings (SSSR count). The van der Waals surface area contributed by atoms with Gasteiger partial charge in [0, 0.05) is 5.56 Å². The number of aromatic nitrogens is 1. The first-order valence-electron chi connectivity index (χ1n) is 4.35. The van der Waals surface area contributed by atoms with Gasteiger partial charge in [-0.15, -0.1) is 0 Å². The van der Waals surface area contributed by atoms with E-state index >= 15 is 0 Å². The van der Waals surface area contributed by atoms with E-state index in [9.17, 15) is 22.0 Å². The minimum atomic E-state index is -4.86. The highest BCUT2D eigenvalue weighted by Crippen LogP contribution is 2.36. The lowest BCUT2D eigenvalue weighted by atomic mass is 10.1. The molecule has 0 aliphatic rings. The molecule has 0 atom stereocenters. The maximum Gasteiger partial charge on any atom is 0.433 e. The van der Waals surface area contributed by atoms with Gasteiger partial charge in [-0.2, -0.15) is 13.2 Å². The first-order valence-corrected chi connectivity index (χ1v) is 4.35. The molecule has 1 aromatic rings. The molecule has 0 aliphatic heterocycles. The number of ether oxygens (including phenoxy) is 1. The van der Waals surface area contributed by atoms with Gasteiger partial charge >= 0.3 is 6.18 Å². The Morgan fingerprint density at radius 3 is 2.35 bits per heavy atom. The average Bonchev–Trinajstić information content (AvgIpc) is 2.25. The van der Waals surface area contributed by atoms with Crippen molar-refractivity contribution in [3.63, 3.8) is 0 Å². The van der Waals surface area contributed by atoms with Crippen molar-refractivity contribution in [2.45, 2.75) is 19.2 Å². The van der Waals surface area contributed by atoms with Crippen LogP contribution in [-0.4, -0.2) is 17.2 Å². The van der Waals surface area contributed by atoms with Crippen molar-refractivity contribution in [1.29, 1.82) is 0 Å². The summed E-state index contributed by atoms with van der Waals surface area (Å²) in [6.45, 7) is -0.853. The summed E-state index contributed by atoms with van der Waals surface area (Å²) in [7, 11) is 1.01. The second-order valence-corrected chi connectivity index (χ2v) is 3.04. The number of rotatable bonds is 3. The lowest BCUT2D eigenvalue weighted by Gasteiger charge is -2.14. The van der Waals surface area contributed by atoms with Gasteiger partial charge < -0.3 is 9.84 Å². The van der Waals surface area contributed by atoms with Gasteiger partial charge in [-0.1, -0.05) is 0 Å². The Labute approximate surface area is 92.8 Å². The van der Waals surface area contributed by atoms with E-state index in [-0.39, 0.29) is 5.56 Å². The third-order valence-corrected chi connectivity index (χ3v) is 1.95. The third-order valence-electron chi connectivity index (χ3n) is 1.95. The van der Waals surface area contributed by atoms with Gasteiger partial charge in [-0.3, -0.25) is 0 Å². The third kappa shape index (κ3) is 2.82. The number of methoxy groups -OCH3 is 1. The average molecular weight is 257 g/mol. The zero-order chi connectivity index (χ0) is 13.2. The maximum absolute atomic E-state index is 12.5. The normalized spacial score (nSPS) is 12.0. The van der Waals surface area contributed by atoms with E-state index < -0.39 is 36.3 Å². The van der Waals surface area contributed by atoms with E-state index in [1.165, 1.54) is 0 Å². The number of aliphatic hydroxyl groups is 1. The van der Waals surface area contributed by atoms with Crippen LogP contribution in [0.2, 0.25) is 0 Å². The fourth-order valence-corrected chi connectivity index (χ4v) is 1.25. The van der Waals surface area contributed by atoms with Crippen LogP contribution < -0.4 is 4.74 Å². The quantitative estimate of drug-likeness (QED) is 0.846. The second-order valence-electron chi connectivity index (χ2n) is 3.04. The van der Waals surface area contributed by atoms with Crippen molar-refractivity contribution < 1.29 is 31.8 Å². The Bertz CT molecular complexity index is 405. The monoisotopic (exact) mass is 257 g/mol. The molecule has 1 aromatic heterocycles. The number of nitrogens with zero attached hydrogens (tertiary/aromatic N) is 1. The summed E-state index contributed by atoms with van der Waals surface area (Å²) < 4.78 is 66.6. The summed E-state index contributed by atoms with van der Waals surface area (Å²) in [5.74, 6) is -0.532. The number of alkyl halides is 5. The molecule has 0 amide bonds. The van der Waals surface area contributed by atoms with Crippen LogP contribution in [0.4, 0.5) is 22.0 Å². The van der Waals surface area contributed by atoms with Crippen LogP contribution in [0.3, 0.4) is 0 Å². The van der Waals surface area contributed by atoms with Crippen molar-refractivity contribution in [2.24, 2.45) is 0 Å². The molecule has 1 N–H and O–H groups in total. The van der Waals surface area contributed by atoms with Gasteiger partial charge in [-0.05, 0) is 6.07 Å².